The highest BCUT2D eigenvalue weighted by molar-refractivity contribution is 5.91. The number of nitrogens with one attached hydrogen (secondary N) is 1. The molecule has 2 rings (SSSR count). The summed E-state index contributed by atoms with van der Waals surface area (Å²) >= 11 is 0. The van der Waals surface area contributed by atoms with Gasteiger partial charge in [0.1, 0.15) is 0 Å². The Kier molecular flexibility index (Phi) is 3.96. The van der Waals surface area contributed by atoms with Crippen LogP contribution in [0.2, 0.25) is 0 Å². The Balaban J connectivity index is 1.97. The van der Waals surface area contributed by atoms with Crippen molar-refractivity contribution in [2.45, 2.75) is 26.3 Å². The van der Waals surface area contributed by atoms with Crippen molar-refractivity contribution >= 4 is 5.91 Å². The molecule has 2 heterocycles. The fourth-order valence-corrected chi connectivity index (χ4v) is 1.89. The molecular formula is C12H21N5O. The van der Waals surface area contributed by atoms with Crippen LogP contribution in [0, 0.1) is 5.92 Å². The molecule has 1 aromatic heterocycles. The third-order valence-corrected chi connectivity index (χ3v) is 3.49. The maximum absolute atomic E-state index is 12.1. The van der Waals surface area contributed by atoms with Gasteiger partial charge < -0.3 is 10.2 Å². The lowest BCUT2D eigenvalue weighted by atomic mass is 10.1. The van der Waals surface area contributed by atoms with E-state index in [0.29, 0.717) is 17.7 Å². The maximum Gasteiger partial charge on any atom is 0.275 e. The zero-order chi connectivity index (χ0) is 13.1. The van der Waals surface area contributed by atoms with E-state index in [0.717, 1.165) is 26.1 Å². The Labute approximate surface area is 107 Å². The molecule has 6 nitrogen and oxygen atoms in total. The number of nitrogens with zero attached hydrogens (tertiary/aromatic N) is 4. The highest BCUT2D eigenvalue weighted by atomic mass is 16.2. The SMILES string of the molecule is CCC(C)CN(C)C(=O)c1cn(C2CNC2)nn1. The van der Waals surface area contributed by atoms with Gasteiger partial charge in [-0.05, 0) is 5.92 Å². The molecule has 0 aliphatic carbocycles. The number of carbonyl (C=O) groups excluding carboxylic acids is 1. The van der Waals surface area contributed by atoms with Gasteiger partial charge in [0, 0.05) is 26.7 Å². The van der Waals surface area contributed by atoms with Gasteiger partial charge in [0.25, 0.3) is 5.91 Å². The molecule has 0 radical (unpaired) electrons. The van der Waals surface area contributed by atoms with Crippen LogP contribution in [0.25, 0.3) is 0 Å². The fraction of sp³-hybridized carbons (Fsp3) is 0.750. The number of rotatable bonds is 5. The zero-order valence-electron chi connectivity index (χ0n) is 11.3. The largest absolute Gasteiger partial charge is 0.340 e. The first kappa shape index (κ1) is 13.0. The summed E-state index contributed by atoms with van der Waals surface area (Å²) < 4.78 is 1.78. The van der Waals surface area contributed by atoms with Crippen LogP contribution in [0.4, 0.5) is 0 Å². The van der Waals surface area contributed by atoms with Gasteiger partial charge in [-0.25, -0.2) is 4.68 Å². The molecule has 1 N–H and O–H groups in total. The van der Waals surface area contributed by atoms with E-state index < -0.39 is 0 Å². The summed E-state index contributed by atoms with van der Waals surface area (Å²) in [7, 11) is 1.82. The number of amides is 1. The van der Waals surface area contributed by atoms with Crippen molar-refractivity contribution in [2.75, 3.05) is 26.7 Å². The van der Waals surface area contributed by atoms with Gasteiger partial charge in [-0.2, -0.15) is 0 Å². The molecule has 0 bridgehead atoms. The van der Waals surface area contributed by atoms with Crippen molar-refractivity contribution in [1.29, 1.82) is 0 Å². The van der Waals surface area contributed by atoms with E-state index in [9.17, 15) is 4.79 Å². The molecule has 100 valence electrons. The summed E-state index contributed by atoms with van der Waals surface area (Å²) in [6, 6.07) is 0.346. The Morgan fingerprint density at radius 2 is 2.39 bits per heavy atom. The van der Waals surface area contributed by atoms with E-state index in [2.05, 4.69) is 29.5 Å². The Bertz CT molecular complexity index is 412. The minimum Gasteiger partial charge on any atom is -0.340 e. The van der Waals surface area contributed by atoms with Gasteiger partial charge in [0.2, 0.25) is 0 Å². The summed E-state index contributed by atoms with van der Waals surface area (Å²) in [6.45, 7) is 6.83. The molecule has 0 saturated carbocycles. The van der Waals surface area contributed by atoms with Crippen LogP contribution in [0.15, 0.2) is 6.20 Å². The average Bonchev–Trinajstić information content (AvgIpc) is 2.74. The minimum absolute atomic E-state index is 0.0474. The van der Waals surface area contributed by atoms with Crippen LogP contribution in [0.5, 0.6) is 0 Å². The first-order chi connectivity index (χ1) is 8.61. The Morgan fingerprint density at radius 1 is 1.67 bits per heavy atom. The fourth-order valence-electron chi connectivity index (χ4n) is 1.89. The monoisotopic (exact) mass is 251 g/mol. The predicted molar refractivity (Wildman–Crippen MR) is 68.3 cm³/mol. The number of carbonyl (C=O) groups is 1. The second-order valence-electron chi connectivity index (χ2n) is 5.09. The second kappa shape index (κ2) is 5.48. The predicted octanol–water partition coefficient (Wildman–Crippen LogP) is 0.540. The maximum atomic E-state index is 12.1. The van der Waals surface area contributed by atoms with Gasteiger partial charge in [0.05, 0.1) is 12.2 Å². The van der Waals surface area contributed by atoms with Gasteiger partial charge in [-0.1, -0.05) is 25.5 Å². The molecule has 1 aliphatic rings. The van der Waals surface area contributed by atoms with E-state index in [1.54, 1.807) is 15.8 Å². The first-order valence-corrected chi connectivity index (χ1v) is 6.49. The van der Waals surface area contributed by atoms with E-state index in [1.165, 1.54) is 0 Å². The molecule has 1 saturated heterocycles. The molecule has 1 aromatic rings. The Morgan fingerprint density at radius 3 is 2.94 bits per heavy atom. The van der Waals surface area contributed by atoms with Gasteiger partial charge in [-0.3, -0.25) is 4.79 Å². The lowest BCUT2D eigenvalue weighted by Crippen LogP contribution is -2.43. The molecule has 1 atom stereocenters. The molecular weight excluding hydrogens is 230 g/mol. The molecule has 6 heteroatoms. The van der Waals surface area contributed by atoms with Crippen molar-refractivity contribution in [2.24, 2.45) is 5.92 Å². The standard InChI is InChI=1S/C12H21N5O/c1-4-9(2)7-16(3)12(18)11-8-17(15-14-11)10-5-13-6-10/h8-10,13H,4-7H2,1-3H3. The van der Waals surface area contributed by atoms with Crippen molar-refractivity contribution < 1.29 is 4.79 Å². The summed E-state index contributed by atoms with van der Waals surface area (Å²) in [5.74, 6) is 0.457. The summed E-state index contributed by atoms with van der Waals surface area (Å²) in [6.07, 6.45) is 2.82. The van der Waals surface area contributed by atoms with Crippen LogP contribution in [-0.2, 0) is 0 Å². The highest BCUT2D eigenvalue weighted by Gasteiger charge is 2.23. The zero-order valence-corrected chi connectivity index (χ0v) is 11.3. The van der Waals surface area contributed by atoms with E-state index in [-0.39, 0.29) is 5.91 Å². The lowest BCUT2D eigenvalue weighted by Gasteiger charge is -2.26. The Hall–Kier alpha value is -1.43. The first-order valence-electron chi connectivity index (χ1n) is 6.49. The number of aromatic nitrogens is 3. The molecule has 18 heavy (non-hydrogen) atoms. The van der Waals surface area contributed by atoms with Gasteiger partial charge in [-0.15, -0.1) is 5.10 Å². The normalized spacial score (nSPS) is 17.3. The van der Waals surface area contributed by atoms with E-state index >= 15 is 0 Å². The van der Waals surface area contributed by atoms with Crippen molar-refractivity contribution in [3.63, 3.8) is 0 Å². The highest BCUT2D eigenvalue weighted by Crippen LogP contribution is 2.11. The molecule has 1 aliphatic heterocycles. The van der Waals surface area contributed by atoms with Crippen LogP contribution in [0.1, 0.15) is 36.8 Å². The van der Waals surface area contributed by atoms with E-state index in [1.807, 2.05) is 7.05 Å². The van der Waals surface area contributed by atoms with Crippen molar-refractivity contribution in [3.05, 3.63) is 11.9 Å². The molecule has 1 amide bonds. The van der Waals surface area contributed by atoms with E-state index in [4.69, 9.17) is 0 Å². The average molecular weight is 251 g/mol. The molecule has 0 aromatic carbocycles. The molecule has 1 fully saturated rings. The third kappa shape index (κ3) is 2.69. The molecule has 1 unspecified atom stereocenters. The number of hydrogen-bond donors (Lipinski definition) is 1. The minimum atomic E-state index is -0.0474. The topological polar surface area (TPSA) is 63.1 Å². The summed E-state index contributed by atoms with van der Waals surface area (Å²) in [5, 5.41) is 11.2. The van der Waals surface area contributed by atoms with Crippen LogP contribution >= 0.6 is 0 Å². The van der Waals surface area contributed by atoms with Crippen LogP contribution in [0.3, 0.4) is 0 Å². The summed E-state index contributed by atoms with van der Waals surface area (Å²) in [4.78, 5) is 13.9. The molecule has 0 spiro atoms. The van der Waals surface area contributed by atoms with Gasteiger partial charge >= 0.3 is 0 Å². The second-order valence-corrected chi connectivity index (χ2v) is 5.09. The number of hydrogen-bond acceptors (Lipinski definition) is 4. The third-order valence-electron chi connectivity index (χ3n) is 3.49. The van der Waals surface area contributed by atoms with Crippen LogP contribution in [-0.4, -0.2) is 52.5 Å². The lowest BCUT2D eigenvalue weighted by molar-refractivity contribution is 0.0769. The summed E-state index contributed by atoms with van der Waals surface area (Å²) in [5.41, 5.74) is 0.438. The van der Waals surface area contributed by atoms with Crippen molar-refractivity contribution in [1.82, 2.24) is 25.2 Å². The smallest absolute Gasteiger partial charge is 0.275 e. The van der Waals surface area contributed by atoms with Gasteiger partial charge in [0.15, 0.2) is 5.69 Å². The van der Waals surface area contributed by atoms with Crippen molar-refractivity contribution in [3.8, 4) is 0 Å². The quantitative estimate of drug-likeness (QED) is 0.829. The van der Waals surface area contributed by atoms with Crippen LogP contribution < -0.4 is 5.32 Å².